The topological polar surface area (TPSA) is 67.2 Å². The number of aromatic nitrogens is 2. The van der Waals surface area contributed by atoms with Crippen LogP contribution >= 0.6 is 0 Å². The predicted octanol–water partition coefficient (Wildman–Crippen LogP) is 4.02. The fourth-order valence-corrected chi connectivity index (χ4v) is 6.14. The molecule has 0 amide bonds. The summed E-state index contributed by atoms with van der Waals surface area (Å²) in [4.78, 5) is 7.75. The Bertz CT molecular complexity index is 1520. The molecule has 6 rings (SSSR count). The number of nitrogens with zero attached hydrogens (tertiary/aromatic N) is 3. The summed E-state index contributed by atoms with van der Waals surface area (Å²) < 4.78 is 25.7. The molecule has 4 aromatic rings. The molecule has 0 bridgehead atoms. The quantitative estimate of drug-likeness (QED) is 0.462. The molecule has 2 fully saturated rings. The number of hydrogen-bond acceptors (Lipinski definition) is 5. The molecular weight excluding hydrogens is 456 g/mol. The first-order valence-electron chi connectivity index (χ1n) is 12.0. The van der Waals surface area contributed by atoms with Crippen LogP contribution in [-0.2, 0) is 23.4 Å². The van der Waals surface area contributed by atoms with Crippen molar-refractivity contribution in [3.63, 3.8) is 0 Å². The van der Waals surface area contributed by atoms with Gasteiger partial charge in [0.1, 0.15) is 5.82 Å². The summed E-state index contributed by atoms with van der Waals surface area (Å²) in [5.74, 6) is 0.824. The number of imidazole rings is 1. The van der Waals surface area contributed by atoms with Gasteiger partial charge in [-0.3, -0.25) is 4.90 Å². The lowest BCUT2D eigenvalue weighted by atomic mass is 9.74. The third kappa shape index (κ3) is 3.97. The summed E-state index contributed by atoms with van der Waals surface area (Å²) in [6.45, 7) is 7.87. The van der Waals surface area contributed by atoms with Crippen LogP contribution < -0.4 is 5.32 Å². The molecule has 0 saturated carbocycles. The van der Waals surface area contributed by atoms with Gasteiger partial charge in [-0.15, -0.1) is 0 Å². The van der Waals surface area contributed by atoms with Crippen LogP contribution in [0.2, 0.25) is 0 Å². The molecule has 0 unspecified atom stereocenters. The van der Waals surface area contributed by atoms with E-state index in [1.807, 2.05) is 19.2 Å². The van der Waals surface area contributed by atoms with E-state index in [1.54, 1.807) is 12.1 Å². The van der Waals surface area contributed by atoms with E-state index in [0.29, 0.717) is 10.3 Å². The minimum Gasteiger partial charge on any atom is -0.327 e. The maximum absolute atomic E-state index is 11.8. The van der Waals surface area contributed by atoms with Gasteiger partial charge in [0.05, 0.1) is 15.9 Å². The molecular formula is C28H30N4O2S. The first-order chi connectivity index (χ1) is 16.7. The van der Waals surface area contributed by atoms with Gasteiger partial charge in [-0.05, 0) is 65.6 Å². The number of sulfone groups is 1. The Morgan fingerprint density at radius 2 is 1.60 bits per heavy atom. The lowest BCUT2D eigenvalue weighted by Crippen LogP contribution is -2.70. The Morgan fingerprint density at radius 3 is 2.20 bits per heavy atom. The highest BCUT2D eigenvalue weighted by Gasteiger charge is 2.47. The maximum Gasteiger partial charge on any atom is 0.175 e. The van der Waals surface area contributed by atoms with Crippen molar-refractivity contribution in [3.05, 3.63) is 71.8 Å². The van der Waals surface area contributed by atoms with Crippen molar-refractivity contribution in [1.82, 2.24) is 19.8 Å². The standard InChI is InChI=1S/C28H30N4O2S/c1-19-12-23(21-6-4-20(5-7-21)14-32-17-28(18-32)15-29-16-28)13-25-26(19)30-27(31(25)2)22-8-10-24(11-9-22)35(3,33)34/h4-13,29H,14-18H2,1-3H3. The number of fused-ring (bicyclic) bond motifs is 1. The molecule has 2 aliphatic rings. The number of nitrogens with one attached hydrogen (secondary N) is 1. The van der Waals surface area contributed by atoms with Gasteiger partial charge in [0.25, 0.3) is 0 Å². The van der Waals surface area contributed by atoms with E-state index < -0.39 is 9.84 Å². The van der Waals surface area contributed by atoms with E-state index in [9.17, 15) is 8.42 Å². The second-order valence-electron chi connectivity index (χ2n) is 10.4. The number of benzene rings is 3. The minimum absolute atomic E-state index is 0.315. The third-order valence-corrected chi connectivity index (χ3v) is 8.66. The van der Waals surface area contributed by atoms with Crippen LogP contribution in [0.3, 0.4) is 0 Å². The van der Waals surface area contributed by atoms with Crippen molar-refractivity contribution in [2.45, 2.75) is 18.4 Å². The normalized spacial score (nSPS) is 17.5. The molecule has 180 valence electrons. The summed E-state index contributed by atoms with van der Waals surface area (Å²) >= 11 is 0. The van der Waals surface area contributed by atoms with Gasteiger partial charge in [0.15, 0.2) is 9.84 Å². The average molecular weight is 487 g/mol. The Labute approximate surface area is 206 Å². The first-order valence-corrected chi connectivity index (χ1v) is 13.9. The van der Waals surface area contributed by atoms with Crippen LogP contribution in [0.4, 0.5) is 0 Å². The van der Waals surface area contributed by atoms with Gasteiger partial charge < -0.3 is 9.88 Å². The van der Waals surface area contributed by atoms with Crippen molar-refractivity contribution >= 4 is 20.9 Å². The molecule has 6 nitrogen and oxygen atoms in total. The van der Waals surface area contributed by atoms with Crippen LogP contribution in [0, 0.1) is 12.3 Å². The smallest absolute Gasteiger partial charge is 0.175 e. The molecule has 7 heteroatoms. The molecule has 0 atom stereocenters. The van der Waals surface area contributed by atoms with Crippen molar-refractivity contribution in [3.8, 4) is 22.5 Å². The molecule has 0 aliphatic carbocycles. The zero-order chi connectivity index (χ0) is 24.4. The van der Waals surface area contributed by atoms with E-state index in [1.165, 1.54) is 49.1 Å². The highest BCUT2D eigenvalue weighted by atomic mass is 32.2. The Kier molecular flexibility index (Phi) is 5.14. The van der Waals surface area contributed by atoms with Crippen LogP contribution in [0.25, 0.3) is 33.5 Å². The van der Waals surface area contributed by atoms with Crippen molar-refractivity contribution in [1.29, 1.82) is 0 Å². The van der Waals surface area contributed by atoms with Crippen LogP contribution in [0.15, 0.2) is 65.6 Å². The van der Waals surface area contributed by atoms with Gasteiger partial charge in [-0.1, -0.05) is 24.3 Å². The summed E-state index contributed by atoms with van der Waals surface area (Å²) in [6.07, 6.45) is 1.22. The van der Waals surface area contributed by atoms with Gasteiger partial charge in [0.2, 0.25) is 0 Å². The zero-order valence-electron chi connectivity index (χ0n) is 20.4. The molecule has 2 saturated heterocycles. The highest BCUT2D eigenvalue weighted by molar-refractivity contribution is 7.90. The van der Waals surface area contributed by atoms with Gasteiger partial charge in [0, 0.05) is 57.0 Å². The molecule has 1 aromatic heterocycles. The number of aryl methyl sites for hydroxylation is 2. The molecule has 0 radical (unpaired) electrons. The van der Waals surface area contributed by atoms with Crippen molar-refractivity contribution < 1.29 is 8.42 Å². The summed E-state index contributed by atoms with van der Waals surface area (Å²) in [6, 6.07) is 20.3. The molecule has 2 aliphatic heterocycles. The minimum atomic E-state index is -3.22. The van der Waals surface area contributed by atoms with Gasteiger partial charge in [-0.25, -0.2) is 13.4 Å². The average Bonchev–Trinajstić information content (AvgIpc) is 3.12. The SMILES string of the molecule is Cc1cc(-c2ccc(CN3CC4(CNC4)C3)cc2)cc2c1nc(-c1ccc(S(C)(=O)=O)cc1)n2C. The Hall–Kier alpha value is -3.00. The number of rotatable bonds is 5. The second kappa shape index (κ2) is 8.01. The molecule has 1 N–H and O–H groups in total. The van der Waals surface area contributed by atoms with Crippen molar-refractivity contribution in [2.75, 3.05) is 32.4 Å². The second-order valence-corrected chi connectivity index (χ2v) is 12.4. The summed E-state index contributed by atoms with van der Waals surface area (Å²) in [5.41, 5.74) is 8.33. The first kappa shape index (κ1) is 22.5. The fraction of sp³-hybridized carbons (Fsp3) is 0.321. The lowest BCUT2D eigenvalue weighted by Gasteiger charge is -2.56. The highest BCUT2D eigenvalue weighted by Crippen LogP contribution is 2.35. The maximum atomic E-state index is 11.8. The van der Waals surface area contributed by atoms with E-state index in [-0.39, 0.29) is 0 Å². The Balaban J connectivity index is 1.26. The monoisotopic (exact) mass is 486 g/mol. The van der Waals surface area contributed by atoms with Crippen LogP contribution in [0.5, 0.6) is 0 Å². The summed E-state index contributed by atoms with van der Waals surface area (Å²) in [7, 11) is -1.21. The van der Waals surface area contributed by atoms with Gasteiger partial charge >= 0.3 is 0 Å². The fourth-order valence-electron chi connectivity index (χ4n) is 5.51. The van der Waals surface area contributed by atoms with Crippen LogP contribution in [-0.4, -0.2) is 55.3 Å². The molecule has 3 aromatic carbocycles. The van der Waals surface area contributed by atoms with Gasteiger partial charge in [-0.2, -0.15) is 0 Å². The van der Waals surface area contributed by atoms with E-state index in [4.69, 9.17) is 4.98 Å². The Morgan fingerprint density at radius 1 is 0.943 bits per heavy atom. The molecule has 3 heterocycles. The summed E-state index contributed by atoms with van der Waals surface area (Å²) in [5, 5.41) is 3.40. The molecule has 1 spiro atoms. The largest absolute Gasteiger partial charge is 0.327 e. The number of likely N-dealkylation sites (tertiary alicyclic amines) is 1. The van der Waals surface area contributed by atoms with E-state index >= 15 is 0 Å². The van der Waals surface area contributed by atoms with E-state index in [0.717, 1.165) is 34.5 Å². The lowest BCUT2D eigenvalue weighted by molar-refractivity contribution is -0.0444. The van der Waals surface area contributed by atoms with E-state index in [2.05, 4.69) is 58.1 Å². The number of hydrogen-bond donors (Lipinski definition) is 1. The van der Waals surface area contributed by atoms with Crippen LogP contribution in [0.1, 0.15) is 11.1 Å². The zero-order valence-corrected chi connectivity index (χ0v) is 21.2. The third-order valence-electron chi connectivity index (χ3n) is 7.53. The van der Waals surface area contributed by atoms with Crippen molar-refractivity contribution in [2.24, 2.45) is 12.5 Å². The molecule has 35 heavy (non-hydrogen) atoms. The predicted molar refractivity (Wildman–Crippen MR) is 140 cm³/mol.